The van der Waals surface area contributed by atoms with Gasteiger partial charge in [0.2, 0.25) is 0 Å². The molecule has 4 heteroatoms. The van der Waals surface area contributed by atoms with Gasteiger partial charge in [0.05, 0.1) is 16.8 Å². The number of carboxylic acids is 1. The second kappa shape index (κ2) is 4.70. The third-order valence-corrected chi connectivity index (χ3v) is 3.83. The van der Waals surface area contributed by atoms with Gasteiger partial charge in [-0.05, 0) is 35.0 Å². The molecule has 0 fully saturated rings. The van der Waals surface area contributed by atoms with E-state index in [9.17, 15) is 4.79 Å². The number of aromatic amines is 1. The first-order valence-electron chi connectivity index (χ1n) is 6.93. The van der Waals surface area contributed by atoms with Crippen molar-refractivity contribution in [2.45, 2.75) is 0 Å². The van der Waals surface area contributed by atoms with Crippen molar-refractivity contribution in [2.75, 3.05) is 0 Å². The van der Waals surface area contributed by atoms with E-state index in [4.69, 9.17) is 5.11 Å². The van der Waals surface area contributed by atoms with Crippen LogP contribution in [0.2, 0.25) is 0 Å². The standard InChI is InChI=1S/C18H12N2O2/c21-18(22)14-7-8-16-15(10-14)17(20-19-16)13-6-5-11-3-1-2-4-12(11)9-13/h1-10H,(H,19,20)(H,21,22). The molecule has 0 aliphatic carbocycles. The van der Waals surface area contributed by atoms with Gasteiger partial charge in [-0.15, -0.1) is 0 Å². The lowest BCUT2D eigenvalue weighted by molar-refractivity contribution is 0.0697. The Morgan fingerprint density at radius 1 is 0.955 bits per heavy atom. The van der Waals surface area contributed by atoms with Gasteiger partial charge in [-0.3, -0.25) is 5.10 Å². The highest BCUT2D eigenvalue weighted by atomic mass is 16.4. The Labute approximate surface area is 126 Å². The number of aromatic carboxylic acids is 1. The van der Waals surface area contributed by atoms with Gasteiger partial charge >= 0.3 is 5.97 Å². The number of rotatable bonds is 2. The molecule has 4 aromatic rings. The SMILES string of the molecule is O=C(O)c1ccc2[nH]nc(-c3ccc4ccccc4c3)c2c1. The Hall–Kier alpha value is -3.14. The van der Waals surface area contributed by atoms with Crippen LogP contribution in [0.15, 0.2) is 60.7 Å². The summed E-state index contributed by atoms with van der Waals surface area (Å²) in [6.07, 6.45) is 0. The number of carboxylic acid groups (broad SMARTS) is 1. The molecule has 0 bridgehead atoms. The molecule has 0 aliphatic rings. The number of carbonyl (C=O) groups is 1. The maximum Gasteiger partial charge on any atom is 0.335 e. The quantitative estimate of drug-likeness (QED) is 0.584. The summed E-state index contributed by atoms with van der Waals surface area (Å²) >= 11 is 0. The molecule has 0 unspecified atom stereocenters. The van der Waals surface area contributed by atoms with Crippen molar-refractivity contribution in [1.29, 1.82) is 0 Å². The summed E-state index contributed by atoms with van der Waals surface area (Å²) in [6.45, 7) is 0. The van der Waals surface area contributed by atoms with Gasteiger partial charge in [-0.2, -0.15) is 5.10 Å². The largest absolute Gasteiger partial charge is 0.478 e. The minimum atomic E-state index is -0.937. The predicted molar refractivity (Wildman–Crippen MR) is 86.0 cm³/mol. The first kappa shape index (κ1) is 12.6. The summed E-state index contributed by atoms with van der Waals surface area (Å²) < 4.78 is 0. The van der Waals surface area contributed by atoms with Crippen molar-refractivity contribution in [3.63, 3.8) is 0 Å². The van der Waals surface area contributed by atoms with Crippen LogP contribution in [-0.2, 0) is 0 Å². The summed E-state index contributed by atoms with van der Waals surface area (Å²) in [4.78, 5) is 11.2. The molecule has 0 atom stereocenters. The molecular formula is C18H12N2O2. The van der Waals surface area contributed by atoms with Gasteiger partial charge < -0.3 is 5.11 Å². The summed E-state index contributed by atoms with van der Waals surface area (Å²) in [5.74, 6) is -0.937. The van der Waals surface area contributed by atoms with Crippen molar-refractivity contribution in [1.82, 2.24) is 10.2 Å². The molecule has 0 saturated heterocycles. The van der Waals surface area contributed by atoms with Gasteiger partial charge in [-0.1, -0.05) is 36.4 Å². The Kier molecular flexibility index (Phi) is 2.69. The molecule has 4 nitrogen and oxygen atoms in total. The van der Waals surface area contributed by atoms with E-state index in [2.05, 4.69) is 28.4 Å². The number of hydrogen-bond acceptors (Lipinski definition) is 2. The molecule has 0 spiro atoms. The van der Waals surface area contributed by atoms with E-state index in [1.807, 2.05) is 24.3 Å². The highest BCUT2D eigenvalue weighted by Gasteiger charge is 2.11. The molecular weight excluding hydrogens is 276 g/mol. The minimum Gasteiger partial charge on any atom is -0.478 e. The predicted octanol–water partition coefficient (Wildman–Crippen LogP) is 4.08. The average molecular weight is 288 g/mol. The van der Waals surface area contributed by atoms with Crippen LogP contribution in [-0.4, -0.2) is 21.3 Å². The maximum absolute atomic E-state index is 11.2. The van der Waals surface area contributed by atoms with Crippen molar-refractivity contribution in [3.05, 3.63) is 66.2 Å². The first-order valence-corrected chi connectivity index (χ1v) is 6.93. The van der Waals surface area contributed by atoms with Crippen LogP contribution < -0.4 is 0 Å². The highest BCUT2D eigenvalue weighted by molar-refractivity contribution is 6.00. The zero-order valence-electron chi connectivity index (χ0n) is 11.6. The van der Waals surface area contributed by atoms with Crippen LogP contribution in [0.5, 0.6) is 0 Å². The van der Waals surface area contributed by atoms with E-state index >= 15 is 0 Å². The summed E-state index contributed by atoms with van der Waals surface area (Å²) in [5, 5.41) is 19.6. The highest BCUT2D eigenvalue weighted by Crippen LogP contribution is 2.29. The zero-order valence-corrected chi connectivity index (χ0v) is 11.6. The Bertz CT molecular complexity index is 1020. The van der Waals surface area contributed by atoms with E-state index in [0.717, 1.165) is 32.9 Å². The molecule has 22 heavy (non-hydrogen) atoms. The van der Waals surface area contributed by atoms with E-state index in [-0.39, 0.29) is 5.56 Å². The number of hydrogen-bond donors (Lipinski definition) is 2. The second-order valence-electron chi connectivity index (χ2n) is 5.20. The lowest BCUT2D eigenvalue weighted by Gasteiger charge is -2.02. The summed E-state index contributed by atoms with van der Waals surface area (Å²) in [5.41, 5.74) is 2.82. The Morgan fingerprint density at radius 3 is 2.59 bits per heavy atom. The Morgan fingerprint density at radius 2 is 1.77 bits per heavy atom. The van der Waals surface area contributed by atoms with Crippen LogP contribution in [0.1, 0.15) is 10.4 Å². The summed E-state index contributed by atoms with van der Waals surface area (Å²) in [6, 6.07) is 19.2. The normalized spacial score (nSPS) is 11.1. The smallest absolute Gasteiger partial charge is 0.335 e. The van der Waals surface area contributed by atoms with Gasteiger partial charge in [0.15, 0.2) is 0 Å². The molecule has 0 aliphatic heterocycles. The third-order valence-electron chi connectivity index (χ3n) is 3.83. The molecule has 3 aromatic carbocycles. The first-order chi connectivity index (χ1) is 10.7. The van der Waals surface area contributed by atoms with Crippen LogP contribution in [0.25, 0.3) is 32.9 Å². The average Bonchev–Trinajstić information content (AvgIpc) is 2.97. The number of aromatic nitrogens is 2. The number of nitrogens with zero attached hydrogens (tertiary/aromatic N) is 1. The topological polar surface area (TPSA) is 66.0 Å². The van der Waals surface area contributed by atoms with Crippen LogP contribution in [0.4, 0.5) is 0 Å². The van der Waals surface area contributed by atoms with Crippen molar-refractivity contribution in [2.24, 2.45) is 0 Å². The van der Waals surface area contributed by atoms with E-state index in [0.29, 0.717) is 0 Å². The molecule has 0 saturated carbocycles. The number of H-pyrrole nitrogens is 1. The molecule has 106 valence electrons. The van der Waals surface area contributed by atoms with E-state index in [1.165, 1.54) is 0 Å². The fourth-order valence-electron chi connectivity index (χ4n) is 2.70. The molecule has 4 rings (SSSR count). The van der Waals surface area contributed by atoms with Gasteiger partial charge in [-0.25, -0.2) is 4.79 Å². The molecule has 0 radical (unpaired) electrons. The van der Waals surface area contributed by atoms with E-state index in [1.54, 1.807) is 18.2 Å². The number of benzene rings is 3. The fourth-order valence-corrected chi connectivity index (χ4v) is 2.70. The maximum atomic E-state index is 11.2. The number of fused-ring (bicyclic) bond motifs is 2. The Balaban J connectivity index is 1.95. The minimum absolute atomic E-state index is 0.260. The third kappa shape index (κ3) is 1.93. The van der Waals surface area contributed by atoms with Crippen LogP contribution in [0, 0.1) is 0 Å². The van der Waals surface area contributed by atoms with Crippen LogP contribution >= 0.6 is 0 Å². The molecule has 0 amide bonds. The summed E-state index contributed by atoms with van der Waals surface area (Å²) in [7, 11) is 0. The van der Waals surface area contributed by atoms with Crippen molar-refractivity contribution >= 4 is 27.6 Å². The molecule has 1 aromatic heterocycles. The van der Waals surface area contributed by atoms with Crippen LogP contribution in [0.3, 0.4) is 0 Å². The van der Waals surface area contributed by atoms with E-state index < -0.39 is 5.97 Å². The van der Waals surface area contributed by atoms with Gasteiger partial charge in [0.25, 0.3) is 0 Å². The number of nitrogens with one attached hydrogen (secondary N) is 1. The molecule has 2 N–H and O–H groups in total. The van der Waals surface area contributed by atoms with Crippen molar-refractivity contribution in [3.8, 4) is 11.3 Å². The zero-order chi connectivity index (χ0) is 15.1. The van der Waals surface area contributed by atoms with Gasteiger partial charge in [0, 0.05) is 10.9 Å². The lowest BCUT2D eigenvalue weighted by atomic mass is 10.0. The molecule has 1 heterocycles. The van der Waals surface area contributed by atoms with Gasteiger partial charge in [0.1, 0.15) is 0 Å². The second-order valence-corrected chi connectivity index (χ2v) is 5.20. The lowest BCUT2D eigenvalue weighted by Crippen LogP contribution is -1.94. The fraction of sp³-hybridized carbons (Fsp3) is 0. The van der Waals surface area contributed by atoms with Crippen molar-refractivity contribution < 1.29 is 9.90 Å². The monoisotopic (exact) mass is 288 g/mol.